The van der Waals surface area contributed by atoms with Crippen LogP contribution < -0.4 is 0 Å². The van der Waals surface area contributed by atoms with Crippen molar-refractivity contribution in [1.82, 2.24) is 9.80 Å². The highest BCUT2D eigenvalue weighted by molar-refractivity contribution is 5.99. The van der Waals surface area contributed by atoms with Gasteiger partial charge in [-0.2, -0.15) is 0 Å². The van der Waals surface area contributed by atoms with Crippen molar-refractivity contribution >= 4 is 17.8 Å². The summed E-state index contributed by atoms with van der Waals surface area (Å²) in [5.74, 6) is -2.90. The standard InChI is InChI=1S/C30H48N2O6/c1-11-15-31(28(8,9)18-27(5,6)7)25(35)23-30-14-13-29(10,38-30)22(26(36)37-16-12-2)21(30)24(34)32(23)20(17-33)19(3)4/h11-12,19-23,33H,1-2,13-18H2,3-10H3/t20-,21-,22+,23?,29-,30?/m0/s1. The molecule has 2 bridgehead atoms. The number of carbonyl (C=O) groups is 3. The van der Waals surface area contributed by atoms with E-state index in [1.807, 2.05) is 34.6 Å². The van der Waals surface area contributed by atoms with Gasteiger partial charge in [0.15, 0.2) is 0 Å². The molecule has 0 aromatic carbocycles. The molecule has 8 heteroatoms. The van der Waals surface area contributed by atoms with Crippen molar-refractivity contribution in [3.8, 4) is 0 Å². The van der Waals surface area contributed by atoms with E-state index in [2.05, 4.69) is 33.9 Å². The van der Waals surface area contributed by atoms with E-state index in [0.29, 0.717) is 19.4 Å². The number of aliphatic hydroxyl groups is 1. The first-order valence-corrected chi connectivity index (χ1v) is 13.8. The van der Waals surface area contributed by atoms with Crippen LogP contribution in [0.15, 0.2) is 25.3 Å². The Hall–Kier alpha value is -2.19. The van der Waals surface area contributed by atoms with Crippen LogP contribution in [-0.4, -0.2) is 81.3 Å². The van der Waals surface area contributed by atoms with Gasteiger partial charge in [-0.1, -0.05) is 53.3 Å². The number of esters is 1. The first-order valence-electron chi connectivity index (χ1n) is 13.8. The second-order valence-electron chi connectivity index (χ2n) is 13.7. The molecule has 3 saturated heterocycles. The maximum atomic E-state index is 14.7. The summed E-state index contributed by atoms with van der Waals surface area (Å²) in [5, 5.41) is 10.4. The maximum Gasteiger partial charge on any atom is 0.313 e. The fraction of sp³-hybridized carbons (Fsp3) is 0.767. The number of nitrogens with zero attached hydrogens (tertiary/aromatic N) is 2. The normalized spacial score (nSPS) is 31.4. The van der Waals surface area contributed by atoms with Gasteiger partial charge in [0.2, 0.25) is 11.8 Å². The van der Waals surface area contributed by atoms with Crippen LogP contribution in [0.1, 0.15) is 74.7 Å². The number of likely N-dealkylation sites (tertiary alicyclic amines) is 1. The number of rotatable bonds is 11. The van der Waals surface area contributed by atoms with Gasteiger partial charge in [0, 0.05) is 12.1 Å². The van der Waals surface area contributed by atoms with Gasteiger partial charge in [-0.25, -0.2) is 0 Å². The van der Waals surface area contributed by atoms with E-state index in [1.165, 1.54) is 6.08 Å². The molecular weight excluding hydrogens is 484 g/mol. The van der Waals surface area contributed by atoms with E-state index in [9.17, 15) is 19.5 Å². The van der Waals surface area contributed by atoms with E-state index >= 15 is 0 Å². The molecule has 3 fully saturated rings. The van der Waals surface area contributed by atoms with Gasteiger partial charge >= 0.3 is 5.97 Å². The molecule has 2 unspecified atom stereocenters. The molecular formula is C30H48N2O6. The zero-order chi connectivity index (χ0) is 28.8. The van der Waals surface area contributed by atoms with Crippen molar-refractivity contribution in [2.24, 2.45) is 23.2 Å². The van der Waals surface area contributed by atoms with Gasteiger partial charge < -0.3 is 24.4 Å². The average Bonchev–Trinajstić information content (AvgIpc) is 3.35. The van der Waals surface area contributed by atoms with Crippen LogP contribution in [-0.2, 0) is 23.9 Å². The van der Waals surface area contributed by atoms with E-state index in [-0.39, 0.29) is 36.4 Å². The van der Waals surface area contributed by atoms with Crippen molar-refractivity contribution in [1.29, 1.82) is 0 Å². The summed E-state index contributed by atoms with van der Waals surface area (Å²) < 4.78 is 12.1. The molecule has 6 atom stereocenters. The number of amides is 2. The Labute approximate surface area is 228 Å². The molecule has 0 aromatic heterocycles. The summed E-state index contributed by atoms with van der Waals surface area (Å²) in [6.07, 6.45) is 4.91. The number of hydrogen-bond acceptors (Lipinski definition) is 6. The third-order valence-electron chi connectivity index (χ3n) is 8.63. The molecule has 3 aliphatic heterocycles. The fourth-order valence-electron chi connectivity index (χ4n) is 7.51. The van der Waals surface area contributed by atoms with Crippen LogP contribution in [0.4, 0.5) is 0 Å². The van der Waals surface area contributed by atoms with Gasteiger partial charge in [-0.05, 0) is 51.4 Å². The van der Waals surface area contributed by atoms with Gasteiger partial charge in [-0.15, -0.1) is 6.58 Å². The smallest absolute Gasteiger partial charge is 0.313 e. The number of fused-ring (bicyclic) bond motifs is 1. The molecule has 0 radical (unpaired) electrons. The first-order chi connectivity index (χ1) is 17.5. The van der Waals surface area contributed by atoms with Gasteiger partial charge in [-0.3, -0.25) is 14.4 Å². The summed E-state index contributed by atoms with van der Waals surface area (Å²) in [7, 11) is 0. The Morgan fingerprint density at radius 3 is 2.34 bits per heavy atom. The van der Waals surface area contributed by atoms with Crippen LogP contribution in [0.2, 0.25) is 0 Å². The topological polar surface area (TPSA) is 96.4 Å². The molecule has 2 amide bonds. The number of carbonyl (C=O) groups excluding carboxylic acids is 3. The minimum Gasteiger partial charge on any atom is -0.461 e. The lowest BCUT2D eigenvalue weighted by atomic mass is 9.66. The zero-order valence-corrected chi connectivity index (χ0v) is 24.6. The molecule has 3 aliphatic rings. The quantitative estimate of drug-likeness (QED) is 0.322. The second kappa shape index (κ2) is 10.4. The molecule has 0 saturated carbocycles. The van der Waals surface area contributed by atoms with E-state index in [0.717, 1.165) is 6.42 Å². The summed E-state index contributed by atoms with van der Waals surface area (Å²) in [6, 6.07) is -1.58. The van der Waals surface area contributed by atoms with Crippen LogP contribution in [0.25, 0.3) is 0 Å². The second-order valence-corrected chi connectivity index (χ2v) is 13.7. The molecule has 1 spiro atoms. The Morgan fingerprint density at radius 1 is 1.21 bits per heavy atom. The minimum absolute atomic E-state index is 0.0325. The van der Waals surface area contributed by atoms with E-state index < -0.39 is 46.6 Å². The lowest BCUT2D eigenvalue weighted by molar-refractivity contribution is -0.163. The monoisotopic (exact) mass is 532 g/mol. The summed E-state index contributed by atoms with van der Waals surface area (Å²) in [4.78, 5) is 45.7. The predicted molar refractivity (Wildman–Crippen MR) is 146 cm³/mol. The lowest BCUT2D eigenvalue weighted by Crippen LogP contribution is -2.63. The summed E-state index contributed by atoms with van der Waals surface area (Å²) in [5.41, 5.74) is -2.71. The molecule has 0 aliphatic carbocycles. The third-order valence-corrected chi connectivity index (χ3v) is 8.63. The molecule has 38 heavy (non-hydrogen) atoms. The molecule has 3 heterocycles. The van der Waals surface area contributed by atoms with Crippen molar-refractivity contribution in [2.45, 2.75) is 103 Å². The van der Waals surface area contributed by atoms with Crippen molar-refractivity contribution < 1.29 is 29.0 Å². The van der Waals surface area contributed by atoms with Gasteiger partial charge in [0.1, 0.15) is 24.2 Å². The van der Waals surface area contributed by atoms with Crippen molar-refractivity contribution in [3.63, 3.8) is 0 Å². The van der Waals surface area contributed by atoms with Crippen LogP contribution >= 0.6 is 0 Å². The highest BCUT2D eigenvalue weighted by Gasteiger charge is 2.79. The van der Waals surface area contributed by atoms with E-state index in [4.69, 9.17) is 9.47 Å². The number of hydrogen-bond donors (Lipinski definition) is 1. The molecule has 3 rings (SSSR count). The number of aliphatic hydroxyl groups excluding tert-OH is 1. The lowest BCUT2D eigenvalue weighted by Gasteiger charge is -2.47. The predicted octanol–water partition coefficient (Wildman–Crippen LogP) is 3.73. The molecule has 8 nitrogen and oxygen atoms in total. The highest BCUT2D eigenvalue weighted by Crippen LogP contribution is 2.64. The Balaban J connectivity index is 2.17. The van der Waals surface area contributed by atoms with Crippen LogP contribution in [0.3, 0.4) is 0 Å². The van der Waals surface area contributed by atoms with Gasteiger partial charge in [0.05, 0.1) is 24.2 Å². The third kappa shape index (κ3) is 4.94. The first kappa shape index (κ1) is 30.4. The van der Waals surface area contributed by atoms with Crippen molar-refractivity contribution in [2.75, 3.05) is 19.8 Å². The Morgan fingerprint density at radius 2 is 1.84 bits per heavy atom. The van der Waals surface area contributed by atoms with Crippen molar-refractivity contribution in [3.05, 3.63) is 25.3 Å². The molecule has 1 N–H and O–H groups in total. The zero-order valence-electron chi connectivity index (χ0n) is 24.6. The van der Waals surface area contributed by atoms with E-state index in [1.54, 1.807) is 15.9 Å². The summed E-state index contributed by atoms with van der Waals surface area (Å²) >= 11 is 0. The Bertz CT molecular complexity index is 968. The average molecular weight is 533 g/mol. The molecule has 214 valence electrons. The molecule has 0 aromatic rings. The maximum absolute atomic E-state index is 14.7. The van der Waals surface area contributed by atoms with Gasteiger partial charge in [0.25, 0.3) is 0 Å². The van der Waals surface area contributed by atoms with Crippen LogP contribution in [0.5, 0.6) is 0 Å². The summed E-state index contributed by atoms with van der Waals surface area (Å²) in [6.45, 7) is 23.7. The van der Waals surface area contributed by atoms with Crippen LogP contribution in [0, 0.1) is 23.2 Å². The highest BCUT2D eigenvalue weighted by atomic mass is 16.6. The number of ether oxygens (including phenoxy) is 2. The fourth-order valence-corrected chi connectivity index (χ4v) is 7.51. The largest absolute Gasteiger partial charge is 0.461 e. The Kier molecular flexibility index (Phi) is 8.32. The SMILES string of the molecule is C=CCOC(=O)[C@H]1[C@H]2C(=O)N([C@@H](CO)C(C)C)C(C(=O)N(CC=C)C(C)(C)CC(C)(C)C)C23CC[C@]1(C)O3. The minimum atomic E-state index is -1.18.